The maximum absolute atomic E-state index is 12.2. The second-order valence-corrected chi connectivity index (χ2v) is 7.00. The maximum atomic E-state index is 12.2. The molecule has 2 rings (SSSR count). The van der Waals surface area contributed by atoms with Gasteiger partial charge in [0.1, 0.15) is 0 Å². The fourth-order valence-electron chi connectivity index (χ4n) is 2.44. The Labute approximate surface area is 154 Å². The van der Waals surface area contributed by atoms with Crippen LogP contribution in [0.15, 0.2) is 48.5 Å². The lowest BCUT2D eigenvalue weighted by Gasteiger charge is -2.19. The van der Waals surface area contributed by atoms with Gasteiger partial charge in [0.15, 0.2) is 0 Å². The summed E-state index contributed by atoms with van der Waals surface area (Å²) >= 11 is 0. The Morgan fingerprint density at radius 3 is 2.27 bits per heavy atom. The quantitative estimate of drug-likeness (QED) is 0.763. The summed E-state index contributed by atoms with van der Waals surface area (Å²) in [5.74, 6) is -0.684. The van der Waals surface area contributed by atoms with Gasteiger partial charge in [0, 0.05) is 5.69 Å². The lowest BCUT2D eigenvalue weighted by atomic mass is 9.87. The van der Waals surface area contributed by atoms with Crippen molar-refractivity contribution in [1.29, 1.82) is 0 Å². The van der Waals surface area contributed by atoms with Crippen LogP contribution in [0, 0.1) is 0 Å². The van der Waals surface area contributed by atoms with E-state index in [0.717, 1.165) is 5.69 Å². The van der Waals surface area contributed by atoms with Crippen molar-refractivity contribution >= 4 is 23.3 Å². The minimum Gasteiger partial charge on any atom is -0.462 e. The minimum atomic E-state index is -0.450. The van der Waals surface area contributed by atoms with E-state index < -0.39 is 5.97 Å². The van der Waals surface area contributed by atoms with Crippen LogP contribution in [-0.4, -0.2) is 25.0 Å². The molecule has 138 valence electrons. The Balaban J connectivity index is 1.96. The van der Waals surface area contributed by atoms with Crippen molar-refractivity contribution in [2.45, 2.75) is 33.1 Å². The number of benzene rings is 2. The Bertz CT molecular complexity index is 762. The molecule has 0 saturated heterocycles. The summed E-state index contributed by atoms with van der Waals surface area (Å²) in [6.07, 6.45) is 0. The summed E-state index contributed by atoms with van der Waals surface area (Å²) in [5.41, 5.74) is 2.98. The van der Waals surface area contributed by atoms with Crippen LogP contribution >= 0.6 is 0 Å². The molecule has 0 fully saturated rings. The smallest absolute Gasteiger partial charge is 0.340 e. The number of esters is 1. The number of nitrogens with one attached hydrogen (secondary N) is 2. The molecule has 26 heavy (non-hydrogen) atoms. The summed E-state index contributed by atoms with van der Waals surface area (Å²) < 4.78 is 5.01. The van der Waals surface area contributed by atoms with E-state index >= 15 is 0 Å². The van der Waals surface area contributed by atoms with Gasteiger partial charge in [-0.15, -0.1) is 0 Å². The van der Waals surface area contributed by atoms with Crippen molar-refractivity contribution < 1.29 is 14.3 Å². The highest BCUT2D eigenvalue weighted by Gasteiger charge is 2.14. The summed E-state index contributed by atoms with van der Waals surface area (Å²) in [7, 11) is 0. The van der Waals surface area contributed by atoms with E-state index in [1.54, 1.807) is 31.2 Å². The zero-order valence-electron chi connectivity index (χ0n) is 15.8. The van der Waals surface area contributed by atoms with Crippen LogP contribution < -0.4 is 10.6 Å². The third kappa shape index (κ3) is 5.34. The number of hydrogen-bond donors (Lipinski definition) is 2. The van der Waals surface area contributed by atoms with Gasteiger partial charge in [0.05, 0.1) is 24.4 Å². The molecule has 2 aromatic rings. The molecular formula is C21H26N2O3. The average molecular weight is 354 g/mol. The van der Waals surface area contributed by atoms with Gasteiger partial charge in [-0.05, 0) is 42.2 Å². The Morgan fingerprint density at radius 1 is 1.00 bits per heavy atom. The predicted molar refractivity (Wildman–Crippen MR) is 105 cm³/mol. The largest absolute Gasteiger partial charge is 0.462 e. The Morgan fingerprint density at radius 2 is 1.65 bits per heavy atom. The number of para-hydroxylation sites is 1. The van der Waals surface area contributed by atoms with Crippen LogP contribution in [0.2, 0.25) is 0 Å². The fraction of sp³-hybridized carbons (Fsp3) is 0.333. The molecule has 0 aliphatic rings. The summed E-state index contributed by atoms with van der Waals surface area (Å²) in [6.45, 7) is 8.60. The predicted octanol–water partition coefficient (Wildman–Crippen LogP) is 4.21. The minimum absolute atomic E-state index is 0.0900. The second kappa shape index (κ2) is 8.52. The standard InChI is InChI=1S/C21H26N2O3/c1-5-26-20(25)17-8-6-7-9-18(17)23-19(24)14-22-16-12-10-15(11-13-16)21(2,3)4/h6-13,22H,5,14H2,1-4H3,(H,23,24). The molecule has 0 heterocycles. The molecule has 0 radical (unpaired) electrons. The van der Waals surface area contributed by atoms with Crippen LogP contribution in [0.1, 0.15) is 43.6 Å². The van der Waals surface area contributed by atoms with Gasteiger partial charge in [0.2, 0.25) is 5.91 Å². The first-order valence-electron chi connectivity index (χ1n) is 8.71. The lowest BCUT2D eigenvalue weighted by molar-refractivity contribution is -0.114. The average Bonchev–Trinajstić information content (AvgIpc) is 2.60. The molecule has 0 aliphatic heterocycles. The van der Waals surface area contributed by atoms with Gasteiger partial charge >= 0.3 is 5.97 Å². The van der Waals surface area contributed by atoms with Crippen molar-refractivity contribution in [1.82, 2.24) is 0 Å². The molecular weight excluding hydrogens is 328 g/mol. The summed E-state index contributed by atoms with van der Waals surface area (Å²) in [5, 5.41) is 5.84. The van der Waals surface area contributed by atoms with Gasteiger partial charge in [-0.25, -0.2) is 4.79 Å². The van der Waals surface area contributed by atoms with Crippen molar-refractivity contribution in [2.75, 3.05) is 23.8 Å². The second-order valence-electron chi connectivity index (χ2n) is 7.00. The number of amides is 1. The third-order valence-electron chi connectivity index (χ3n) is 3.90. The van der Waals surface area contributed by atoms with E-state index in [0.29, 0.717) is 11.3 Å². The molecule has 0 spiro atoms. The molecule has 2 aromatic carbocycles. The van der Waals surface area contributed by atoms with E-state index in [-0.39, 0.29) is 24.5 Å². The molecule has 1 amide bonds. The molecule has 0 atom stereocenters. The number of carbonyl (C=O) groups excluding carboxylic acids is 2. The van der Waals surface area contributed by atoms with Crippen LogP contribution in [0.4, 0.5) is 11.4 Å². The lowest BCUT2D eigenvalue weighted by Crippen LogP contribution is -2.23. The Hall–Kier alpha value is -2.82. The molecule has 5 nitrogen and oxygen atoms in total. The van der Waals surface area contributed by atoms with Crippen molar-refractivity contribution in [3.8, 4) is 0 Å². The molecule has 0 unspecified atom stereocenters. The highest BCUT2D eigenvalue weighted by molar-refractivity contribution is 6.02. The van der Waals surface area contributed by atoms with Crippen LogP contribution in [0.3, 0.4) is 0 Å². The van der Waals surface area contributed by atoms with Gasteiger partial charge in [-0.3, -0.25) is 4.79 Å². The fourth-order valence-corrected chi connectivity index (χ4v) is 2.44. The summed E-state index contributed by atoms with van der Waals surface area (Å²) in [4.78, 5) is 24.2. The summed E-state index contributed by atoms with van der Waals surface area (Å²) in [6, 6.07) is 14.8. The van der Waals surface area contributed by atoms with Crippen LogP contribution in [0.25, 0.3) is 0 Å². The van der Waals surface area contributed by atoms with E-state index in [2.05, 4.69) is 43.5 Å². The van der Waals surface area contributed by atoms with Crippen molar-refractivity contribution in [3.63, 3.8) is 0 Å². The number of rotatable bonds is 6. The molecule has 2 N–H and O–H groups in total. The van der Waals surface area contributed by atoms with Gasteiger partial charge in [0.25, 0.3) is 0 Å². The van der Waals surface area contributed by atoms with Crippen LogP contribution in [-0.2, 0) is 14.9 Å². The third-order valence-corrected chi connectivity index (χ3v) is 3.90. The number of anilines is 2. The van der Waals surface area contributed by atoms with Crippen LogP contribution in [0.5, 0.6) is 0 Å². The van der Waals surface area contributed by atoms with E-state index in [9.17, 15) is 9.59 Å². The molecule has 5 heteroatoms. The number of hydrogen-bond acceptors (Lipinski definition) is 4. The van der Waals surface area contributed by atoms with E-state index in [4.69, 9.17) is 4.74 Å². The topological polar surface area (TPSA) is 67.4 Å². The normalized spacial score (nSPS) is 10.9. The van der Waals surface area contributed by atoms with E-state index in [1.165, 1.54) is 5.56 Å². The zero-order valence-corrected chi connectivity index (χ0v) is 15.8. The van der Waals surface area contributed by atoms with E-state index in [1.807, 2.05) is 12.1 Å². The highest BCUT2D eigenvalue weighted by atomic mass is 16.5. The first-order chi connectivity index (χ1) is 12.3. The van der Waals surface area contributed by atoms with Crippen molar-refractivity contribution in [3.05, 3.63) is 59.7 Å². The first kappa shape index (κ1) is 19.5. The molecule has 0 aromatic heterocycles. The molecule has 0 aliphatic carbocycles. The monoisotopic (exact) mass is 354 g/mol. The zero-order chi connectivity index (χ0) is 19.2. The van der Waals surface area contributed by atoms with Gasteiger partial charge in [-0.1, -0.05) is 45.0 Å². The number of ether oxygens (including phenoxy) is 1. The van der Waals surface area contributed by atoms with Crippen molar-refractivity contribution in [2.24, 2.45) is 0 Å². The highest BCUT2D eigenvalue weighted by Crippen LogP contribution is 2.23. The first-order valence-corrected chi connectivity index (χ1v) is 8.71. The SMILES string of the molecule is CCOC(=O)c1ccccc1NC(=O)CNc1ccc(C(C)(C)C)cc1. The van der Waals surface area contributed by atoms with Gasteiger partial charge in [-0.2, -0.15) is 0 Å². The Kier molecular flexibility index (Phi) is 6.39. The maximum Gasteiger partial charge on any atom is 0.340 e. The molecule has 0 bridgehead atoms. The van der Waals surface area contributed by atoms with Gasteiger partial charge < -0.3 is 15.4 Å². The number of carbonyl (C=O) groups is 2. The molecule has 0 saturated carbocycles.